The number of nitrogens with two attached hydrogens (primary N) is 1. The lowest BCUT2D eigenvalue weighted by Crippen LogP contribution is -1.88. The molecule has 0 amide bonds. The van der Waals surface area contributed by atoms with E-state index in [9.17, 15) is 0 Å². The Bertz CT molecular complexity index is 409. The van der Waals surface area contributed by atoms with Crippen LogP contribution in [0.4, 0.5) is 5.69 Å². The van der Waals surface area contributed by atoms with E-state index in [0.717, 1.165) is 10.2 Å². The molecular weight excluding hydrogens is 220 g/mol. The maximum absolute atomic E-state index is 5.76. The zero-order chi connectivity index (χ0) is 9.97. The number of halogens is 1. The Balaban J connectivity index is 2.25. The van der Waals surface area contributed by atoms with Crippen LogP contribution in [0.1, 0.15) is 0 Å². The number of aromatic nitrogens is 3. The highest BCUT2D eigenvalue weighted by molar-refractivity contribution is 7.99. The van der Waals surface area contributed by atoms with Crippen LogP contribution in [0.15, 0.2) is 34.7 Å². The van der Waals surface area contributed by atoms with Crippen molar-refractivity contribution in [1.29, 1.82) is 0 Å². The predicted molar refractivity (Wildman–Crippen MR) is 56.4 cm³/mol. The third-order valence-electron chi connectivity index (χ3n) is 1.47. The van der Waals surface area contributed by atoms with Crippen LogP contribution < -0.4 is 5.73 Å². The Morgan fingerprint density at radius 3 is 2.93 bits per heavy atom. The van der Waals surface area contributed by atoms with Crippen molar-refractivity contribution in [2.75, 3.05) is 5.73 Å². The van der Waals surface area contributed by atoms with E-state index >= 15 is 0 Å². The molecule has 0 bridgehead atoms. The number of hydrogen-bond donors (Lipinski definition) is 2. The topological polar surface area (TPSA) is 67.6 Å². The van der Waals surface area contributed by atoms with Crippen LogP contribution in [0.5, 0.6) is 0 Å². The van der Waals surface area contributed by atoms with Gasteiger partial charge in [-0.1, -0.05) is 11.6 Å². The zero-order valence-electron chi connectivity index (χ0n) is 7.07. The van der Waals surface area contributed by atoms with Gasteiger partial charge in [-0.05, 0) is 23.9 Å². The number of rotatable bonds is 2. The molecule has 0 spiro atoms. The summed E-state index contributed by atoms with van der Waals surface area (Å²) in [6.45, 7) is 0. The third kappa shape index (κ3) is 2.18. The number of imidazole rings is 1. The van der Waals surface area contributed by atoms with Gasteiger partial charge in [0.2, 0.25) is 0 Å². The minimum Gasteiger partial charge on any atom is -0.399 e. The second-order valence-corrected chi connectivity index (χ2v) is 3.95. The first-order valence-corrected chi connectivity index (χ1v) is 5.04. The van der Waals surface area contributed by atoms with Gasteiger partial charge >= 0.3 is 0 Å². The van der Waals surface area contributed by atoms with Gasteiger partial charge in [0.1, 0.15) is 10.2 Å². The van der Waals surface area contributed by atoms with Gasteiger partial charge in [-0.2, -0.15) is 0 Å². The van der Waals surface area contributed by atoms with Crippen LogP contribution in [-0.4, -0.2) is 15.0 Å². The van der Waals surface area contributed by atoms with Crippen LogP contribution in [-0.2, 0) is 0 Å². The van der Waals surface area contributed by atoms with Gasteiger partial charge in [-0.15, -0.1) is 0 Å². The molecule has 0 saturated heterocycles. The SMILES string of the molecule is Nc1cc(Cl)nc(Sc2ncc[nH]2)c1. The third-order valence-corrected chi connectivity index (χ3v) is 2.50. The molecule has 3 N–H and O–H groups in total. The predicted octanol–water partition coefficient (Wildman–Crippen LogP) is 2.19. The lowest BCUT2D eigenvalue weighted by atomic mass is 10.4. The highest BCUT2D eigenvalue weighted by atomic mass is 35.5. The van der Waals surface area contributed by atoms with Gasteiger partial charge in [0.25, 0.3) is 0 Å². The van der Waals surface area contributed by atoms with Crippen LogP contribution in [0, 0.1) is 0 Å². The normalized spacial score (nSPS) is 10.4. The summed E-state index contributed by atoms with van der Waals surface area (Å²) in [4.78, 5) is 11.1. The molecule has 0 aliphatic carbocycles. The monoisotopic (exact) mass is 226 g/mol. The van der Waals surface area contributed by atoms with Crippen molar-refractivity contribution in [2.45, 2.75) is 10.2 Å². The van der Waals surface area contributed by atoms with E-state index in [1.165, 1.54) is 11.8 Å². The Hall–Kier alpha value is -1.20. The molecule has 2 heterocycles. The van der Waals surface area contributed by atoms with E-state index in [-0.39, 0.29) is 0 Å². The summed E-state index contributed by atoms with van der Waals surface area (Å²) in [6.07, 6.45) is 3.42. The molecule has 0 saturated carbocycles. The first kappa shape index (κ1) is 9.36. The minimum atomic E-state index is 0.388. The van der Waals surface area contributed by atoms with E-state index in [2.05, 4.69) is 15.0 Å². The molecule has 0 fully saturated rings. The van der Waals surface area contributed by atoms with Crippen molar-refractivity contribution in [2.24, 2.45) is 0 Å². The summed E-state index contributed by atoms with van der Waals surface area (Å²) >= 11 is 7.14. The van der Waals surface area contributed by atoms with E-state index in [1.807, 2.05) is 0 Å². The van der Waals surface area contributed by atoms with Gasteiger partial charge in [-0.3, -0.25) is 0 Å². The second kappa shape index (κ2) is 3.89. The number of aromatic amines is 1. The minimum absolute atomic E-state index is 0.388. The van der Waals surface area contributed by atoms with Crippen LogP contribution in [0.2, 0.25) is 5.15 Å². The van der Waals surface area contributed by atoms with Crippen molar-refractivity contribution in [1.82, 2.24) is 15.0 Å². The molecule has 14 heavy (non-hydrogen) atoms. The molecule has 4 nitrogen and oxygen atoms in total. The number of H-pyrrole nitrogens is 1. The number of anilines is 1. The standard InChI is InChI=1S/C8H7ClN4S/c9-6-3-5(10)4-7(13-6)14-8-11-1-2-12-8/h1-4H,(H2,10,13)(H,11,12). The molecule has 2 aromatic heterocycles. The van der Waals surface area contributed by atoms with Gasteiger partial charge in [0, 0.05) is 18.1 Å². The lowest BCUT2D eigenvalue weighted by molar-refractivity contribution is 1.04. The number of nitrogens with zero attached hydrogens (tertiary/aromatic N) is 2. The molecule has 0 aliphatic heterocycles. The average Bonchev–Trinajstić information content (AvgIpc) is 2.54. The maximum atomic E-state index is 5.76. The van der Waals surface area contributed by atoms with Crippen LogP contribution in [0.25, 0.3) is 0 Å². The summed E-state index contributed by atoms with van der Waals surface area (Å²) in [5, 5.41) is 1.88. The van der Waals surface area contributed by atoms with Crippen molar-refractivity contribution in [3.63, 3.8) is 0 Å². The maximum Gasteiger partial charge on any atom is 0.171 e. The van der Waals surface area contributed by atoms with E-state index in [4.69, 9.17) is 17.3 Å². The molecule has 0 aromatic carbocycles. The lowest BCUT2D eigenvalue weighted by Gasteiger charge is -1.99. The first-order valence-electron chi connectivity index (χ1n) is 3.84. The first-order chi connectivity index (χ1) is 6.74. The average molecular weight is 227 g/mol. The number of nitrogen functional groups attached to an aromatic ring is 1. The number of hydrogen-bond acceptors (Lipinski definition) is 4. The van der Waals surface area contributed by atoms with Crippen molar-refractivity contribution >= 4 is 29.1 Å². The van der Waals surface area contributed by atoms with E-state index in [0.29, 0.717) is 10.8 Å². The fourth-order valence-electron chi connectivity index (χ4n) is 0.950. The van der Waals surface area contributed by atoms with Crippen molar-refractivity contribution < 1.29 is 0 Å². The van der Waals surface area contributed by atoms with Gasteiger partial charge in [-0.25, -0.2) is 9.97 Å². The molecule has 2 rings (SSSR count). The summed E-state index contributed by atoms with van der Waals surface area (Å²) < 4.78 is 0. The van der Waals surface area contributed by atoms with Gasteiger partial charge in [0.05, 0.1) is 0 Å². The largest absolute Gasteiger partial charge is 0.399 e. The highest BCUT2D eigenvalue weighted by Gasteiger charge is 2.02. The van der Waals surface area contributed by atoms with Gasteiger partial charge < -0.3 is 10.7 Å². The Morgan fingerprint density at radius 2 is 2.29 bits per heavy atom. The van der Waals surface area contributed by atoms with Gasteiger partial charge in [0.15, 0.2) is 5.16 Å². The molecule has 2 aromatic rings. The smallest absolute Gasteiger partial charge is 0.171 e. The van der Waals surface area contributed by atoms with E-state index < -0.39 is 0 Å². The molecular formula is C8H7ClN4S. The Labute approximate surface area is 89.9 Å². The summed E-state index contributed by atoms with van der Waals surface area (Å²) in [7, 11) is 0. The molecule has 0 aliphatic rings. The molecule has 6 heteroatoms. The van der Waals surface area contributed by atoms with E-state index in [1.54, 1.807) is 24.5 Å². The highest BCUT2D eigenvalue weighted by Crippen LogP contribution is 2.25. The number of pyridine rings is 1. The summed E-state index contributed by atoms with van der Waals surface area (Å²) in [5.41, 5.74) is 6.22. The fraction of sp³-hybridized carbons (Fsp3) is 0. The fourth-order valence-corrected chi connectivity index (χ4v) is 1.99. The van der Waals surface area contributed by atoms with Crippen LogP contribution >= 0.6 is 23.4 Å². The zero-order valence-corrected chi connectivity index (χ0v) is 8.64. The van der Waals surface area contributed by atoms with Crippen LogP contribution in [0.3, 0.4) is 0 Å². The quantitative estimate of drug-likeness (QED) is 0.771. The van der Waals surface area contributed by atoms with Crippen molar-refractivity contribution in [3.05, 3.63) is 29.7 Å². The Morgan fingerprint density at radius 1 is 1.43 bits per heavy atom. The molecule has 72 valence electrons. The number of nitrogens with one attached hydrogen (secondary N) is 1. The molecule has 0 atom stereocenters. The molecule has 0 radical (unpaired) electrons. The Kier molecular flexibility index (Phi) is 2.60. The molecule has 0 unspecified atom stereocenters. The van der Waals surface area contributed by atoms with Crippen molar-refractivity contribution in [3.8, 4) is 0 Å². The second-order valence-electron chi connectivity index (χ2n) is 2.56. The summed E-state index contributed by atoms with van der Waals surface area (Å²) in [5.74, 6) is 0. The summed E-state index contributed by atoms with van der Waals surface area (Å²) in [6, 6.07) is 3.35.